The van der Waals surface area contributed by atoms with Gasteiger partial charge in [0.1, 0.15) is 0 Å². The lowest BCUT2D eigenvalue weighted by molar-refractivity contribution is -0.116. The van der Waals surface area contributed by atoms with Crippen LogP contribution in [0.1, 0.15) is 11.1 Å². The number of halogens is 1. The van der Waals surface area contributed by atoms with Crippen molar-refractivity contribution in [2.24, 2.45) is 0 Å². The molecule has 2 aromatic rings. The molecule has 5 nitrogen and oxygen atoms in total. The van der Waals surface area contributed by atoms with Crippen molar-refractivity contribution in [1.82, 2.24) is 5.32 Å². The minimum Gasteiger partial charge on any atom is -0.494 e. The minimum absolute atomic E-state index is 0.166. The quantitative estimate of drug-likeness (QED) is 0.857. The highest BCUT2D eigenvalue weighted by Crippen LogP contribution is 2.32. The Morgan fingerprint density at radius 3 is 2.88 bits per heavy atom. The Balaban J connectivity index is 1.56. The molecule has 0 fully saturated rings. The number of hydrogen-bond acceptors (Lipinski definition) is 4. The number of fused-ring (bicyclic) bond motifs is 1. The summed E-state index contributed by atoms with van der Waals surface area (Å²) in [6.45, 7) is 0.573. The van der Waals surface area contributed by atoms with E-state index < -0.39 is 5.82 Å². The lowest BCUT2D eigenvalue weighted by atomic mass is 10.2. The van der Waals surface area contributed by atoms with Crippen LogP contribution < -0.4 is 19.5 Å². The van der Waals surface area contributed by atoms with Gasteiger partial charge < -0.3 is 19.5 Å². The first-order chi connectivity index (χ1) is 11.7. The molecule has 0 aliphatic carbocycles. The number of ether oxygens (including phenoxy) is 3. The second-order valence-corrected chi connectivity index (χ2v) is 5.13. The molecule has 0 saturated heterocycles. The van der Waals surface area contributed by atoms with Gasteiger partial charge in [-0.25, -0.2) is 4.39 Å². The predicted molar refractivity (Wildman–Crippen MR) is 86.4 cm³/mol. The minimum atomic E-state index is -0.472. The summed E-state index contributed by atoms with van der Waals surface area (Å²) < 4.78 is 28.9. The number of hydrogen-bond donors (Lipinski definition) is 1. The average Bonchev–Trinajstić information content (AvgIpc) is 3.06. The van der Waals surface area contributed by atoms with Gasteiger partial charge in [-0.15, -0.1) is 0 Å². The Morgan fingerprint density at radius 2 is 2.08 bits per heavy atom. The standard InChI is InChI=1S/C18H16FNO4/c1-22-15-5-2-12(8-14(15)19)4-7-18(21)20-10-13-3-6-16-17(9-13)24-11-23-16/h2-9H,10-11H2,1H3,(H,20,21)/b7-4+. The van der Waals surface area contributed by atoms with Gasteiger partial charge in [0.15, 0.2) is 23.1 Å². The SMILES string of the molecule is COc1ccc(/C=C/C(=O)NCc2ccc3c(c2)OCO3)cc1F. The van der Waals surface area contributed by atoms with E-state index in [9.17, 15) is 9.18 Å². The van der Waals surface area contributed by atoms with Crippen molar-refractivity contribution < 1.29 is 23.4 Å². The highest BCUT2D eigenvalue weighted by molar-refractivity contribution is 5.91. The van der Waals surface area contributed by atoms with Crippen molar-refractivity contribution in [1.29, 1.82) is 0 Å². The van der Waals surface area contributed by atoms with Gasteiger partial charge in [0, 0.05) is 12.6 Å². The zero-order valence-corrected chi connectivity index (χ0v) is 13.0. The Morgan fingerprint density at radius 1 is 1.25 bits per heavy atom. The van der Waals surface area contributed by atoms with E-state index in [1.54, 1.807) is 12.1 Å². The van der Waals surface area contributed by atoms with Crippen LogP contribution >= 0.6 is 0 Å². The van der Waals surface area contributed by atoms with Gasteiger partial charge in [-0.05, 0) is 41.5 Å². The smallest absolute Gasteiger partial charge is 0.244 e. The fourth-order valence-electron chi connectivity index (χ4n) is 2.26. The second kappa shape index (κ2) is 7.04. The number of benzene rings is 2. The van der Waals surface area contributed by atoms with E-state index in [4.69, 9.17) is 14.2 Å². The fraction of sp³-hybridized carbons (Fsp3) is 0.167. The molecule has 0 bridgehead atoms. The molecule has 1 aliphatic heterocycles. The van der Waals surface area contributed by atoms with Crippen LogP contribution in [0.2, 0.25) is 0 Å². The fourth-order valence-corrected chi connectivity index (χ4v) is 2.26. The highest BCUT2D eigenvalue weighted by atomic mass is 19.1. The van der Waals surface area contributed by atoms with Crippen LogP contribution in [0.15, 0.2) is 42.5 Å². The lowest BCUT2D eigenvalue weighted by Gasteiger charge is -2.04. The van der Waals surface area contributed by atoms with Crippen LogP contribution in [0.4, 0.5) is 4.39 Å². The van der Waals surface area contributed by atoms with Crippen LogP contribution in [0, 0.1) is 5.82 Å². The van der Waals surface area contributed by atoms with Gasteiger partial charge >= 0.3 is 0 Å². The molecule has 1 N–H and O–H groups in total. The molecule has 0 unspecified atom stereocenters. The first kappa shape index (κ1) is 15.9. The largest absolute Gasteiger partial charge is 0.494 e. The molecule has 24 heavy (non-hydrogen) atoms. The molecule has 6 heteroatoms. The first-order valence-corrected chi connectivity index (χ1v) is 7.33. The molecule has 0 radical (unpaired) electrons. The van der Waals surface area contributed by atoms with Gasteiger partial charge in [-0.3, -0.25) is 4.79 Å². The van der Waals surface area contributed by atoms with Gasteiger partial charge in [-0.1, -0.05) is 12.1 Å². The van der Waals surface area contributed by atoms with Crippen molar-refractivity contribution in [3.63, 3.8) is 0 Å². The maximum atomic E-state index is 13.6. The number of methoxy groups -OCH3 is 1. The van der Waals surface area contributed by atoms with E-state index in [1.165, 1.54) is 31.4 Å². The Kier molecular flexibility index (Phi) is 4.65. The molecule has 1 aliphatic rings. The van der Waals surface area contributed by atoms with Crippen LogP contribution in [0.5, 0.6) is 17.2 Å². The summed E-state index contributed by atoms with van der Waals surface area (Å²) in [7, 11) is 1.40. The van der Waals surface area contributed by atoms with Crippen LogP contribution in [-0.4, -0.2) is 19.8 Å². The Labute approximate surface area is 138 Å². The van der Waals surface area contributed by atoms with E-state index in [2.05, 4.69) is 5.32 Å². The lowest BCUT2D eigenvalue weighted by Crippen LogP contribution is -2.20. The molecule has 0 saturated carbocycles. The Hall–Kier alpha value is -3.02. The van der Waals surface area contributed by atoms with Crippen molar-refractivity contribution in [3.8, 4) is 17.2 Å². The molecule has 0 spiro atoms. The van der Waals surface area contributed by atoms with E-state index in [0.29, 0.717) is 23.6 Å². The molecule has 0 atom stereocenters. The van der Waals surface area contributed by atoms with E-state index in [0.717, 1.165) is 5.56 Å². The third kappa shape index (κ3) is 3.65. The zero-order valence-electron chi connectivity index (χ0n) is 13.0. The van der Waals surface area contributed by atoms with Crippen molar-refractivity contribution >= 4 is 12.0 Å². The van der Waals surface area contributed by atoms with Crippen LogP contribution in [-0.2, 0) is 11.3 Å². The van der Waals surface area contributed by atoms with E-state index in [-0.39, 0.29) is 18.4 Å². The summed E-state index contributed by atoms with van der Waals surface area (Å²) in [6.07, 6.45) is 2.89. The van der Waals surface area contributed by atoms with E-state index >= 15 is 0 Å². The summed E-state index contributed by atoms with van der Waals surface area (Å²) >= 11 is 0. The number of carbonyl (C=O) groups is 1. The first-order valence-electron chi connectivity index (χ1n) is 7.33. The number of nitrogens with one attached hydrogen (secondary N) is 1. The van der Waals surface area contributed by atoms with Gasteiger partial charge in [0.2, 0.25) is 12.7 Å². The topological polar surface area (TPSA) is 56.8 Å². The second-order valence-electron chi connectivity index (χ2n) is 5.13. The summed E-state index contributed by atoms with van der Waals surface area (Å²) in [5, 5.41) is 2.76. The normalized spacial score (nSPS) is 12.4. The predicted octanol–water partition coefficient (Wildman–Crippen LogP) is 2.89. The zero-order chi connectivity index (χ0) is 16.9. The molecule has 2 aromatic carbocycles. The van der Waals surface area contributed by atoms with Crippen LogP contribution in [0.3, 0.4) is 0 Å². The molecule has 124 valence electrons. The number of amides is 1. The monoisotopic (exact) mass is 329 g/mol. The summed E-state index contributed by atoms with van der Waals surface area (Å²) in [5.74, 6) is 0.793. The molecule has 0 aromatic heterocycles. The maximum Gasteiger partial charge on any atom is 0.244 e. The van der Waals surface area contributed by atoms with Gasteiger partial charge in [0.05, 0.1) is 7.11 Å². The summed E-state index contributed by atoms with van der Waals surface area (Å²) in [6, 6.07) is 9.98. The summed E-state index contributed by atoms with van der Waals surface area (Å²) in [4.78, 5) is 11.9. The molecule has 3 rings (SSSR count). The molecular formula is C18H16FNO4. The molecule has 1 amide bonds. The van der Waals surface area contributed by atoms with Crippen LogP contribution in [0.25, 0.3) is 6.08 Å². The third-order valence-corrected chi connectivity index (χ3v) is 3.51. The molecular weight excluding hydrogens is 313 g/mol. The van der Waals surface area contributed by atoms with Crippen molar-refractivity contribution in [2.45, 2.75) is 6.54 Å². The highest BCUT2D eigenvalue weighted by Gasteiger charge is 2.13. The van der Waals surface area contributed by atoms with Crippen molar-refractivity contribution in [3.05, 3.63) is 59.4 Å². The average molecular weight is 329 g/mol. The number of rotatable bonds is 5. The Bertz CT molecular complexity index is 789. The van der Waals surface area contributed by atoms with Gasteiger partial charge in [-0.2, -0.15) is 0 Å². The third-order valence-electron chi connectivity index (χ3n) is 3.51. The maximum absolute atomic E-state index is 13.6. The van der Waals surface area contributed by atoms with E-state index in [1.807, 2.05) is 12.1 Å². The van der Waals surface area contributed by atoms with Gasteiger partial charge in [0.25, 0.3) is 0 Å². The van der Waals surface area contributed by atoms with Crippen molar-refractivity contribution in [2.75, 3.05) is 13.9 Å². The number of carbonyl (C=O) groups excluding carboxylic acids is 1. The summed E-state index contributed by atoms with van der Waals surface area (Å²) in [5.41, 5.74) is 1.48. The molecule has 1 heterocycles.